The molecule has 7 nitrogen and oxygen atoms in total. The van der Waals surface area contributed by atoms with Crippen molar-refractivity contribution in [3.63, 3.8) is 0 Å². The van der Waals surface area contributed by atoms with Crippen molar-refractivity contribution in [2.75, 3.05) is 10.6 Å². The van der Waals surface area contributed by atoms with Gasteiger partial charge in [-0.3, -0.25) is 4.57 Å². The number of fused-ring (bicyclic) bond motifs is 1. The first-order chi connectivity index (χ1) is 14.2. The molecule has 1 fully saturated rings. The summed E-state index contributed by atoms with van der Waals surface area (Å²) in [5, 5.41) is 16.2. The molecule has 1 aromatic carbocycles. The predicted octanol–water partition coefficient (Wildman–Crippen LogP) is 4.53. The van der Waals surface area contributed by atoms with Crippen LogP contribution in [0.25, 0.3) is 11.2 Å². The Kier molecular flexibility index (Phi) is 5.31. The molecular weight excluding hydrogens is 390 g/mol. The number of nitrogens with one attached hydrogen (secondary N) is 2. The van der Waals surface area contributed by atoms with Crippen LogP contribution in [0.1, 0.15) is 52.5 Å². The molecule has 160 valence electrons. The predicted molar refractivity (Wildman–Crippen MR) is 112 cm³/mol. The highest BCUT2D eigenvalue weighted by Gasteiger charge is 2.26. The molecule has 0 unspecified atom stereocenters. The highest BCUT2D eigenvalue weighted by molar-refractivity contribution is 5.76. The summed E-state index contributed by atoms with van der Waals surface area (Å²) in [5.41, 5.74) is 1.12. The molecule has 9 heteroatoms. The minimum absolute atomic E-state index is 0.0433. The van der Waals surface area contributed by atoms with Gasteiger partial charge in [-0.25, -0.2) is 18.7 Å². The standard InChI is InChI=1S/C21H26F2N6O/c1-21(2,3)28-19-24-11-17-18(27-19)29(13-5-7-14(30)8-6-13)20(26-17)25-16-9-4-12(22)10-15(16)23/h4,9-11,13-14,30H,5-8H2,1-3H3,(H,25,26)(H,24,27,28)/t13-,14+. The molecule has 3 aromatic rings. The number of anilines is 3. The molecule has 4 rings (SSSR count). The van der Waals surface area contributed by atoms with Crippen molar-refractivity contribution in [2.45, 2.75) is 64.1 Å². The van der Waals surface area contributed by atoms with E-state index in [0.29, 0.717) is 35.9 Å². The Morgan fingerprint density at radius 2 is 1.83 bits per heavy atom. The van der Waals surface area contributed by atoms with Crippen molar-refractivity contribution >= 4 is 28.7 Å². The van der Waals surface area contributed by atoms with Crippen LogP contribution < -0.4 is 10.6 Å². The first-order valence-corrected chi connectivity index (χ1v) is 10.1. The molecule has 0 amide bonds. The molecule has 0 bridgehead atoms. The number of rotatable bonds is 4. The lowest BCUT2D eigenvalue weighted by Crippen LogP contribution is -2.27. The molecule has 0 atom stereocenters. The van der Waals surface area contributed by atoms with Crippen LogP contribution in [0.4, 0.5) is 26.4 Å². The molecule has 0 spiro atoms. The van der Waals surface area contributed by atoms with Crippen molar-refractivity contribution in [3.8, 4) is 0 Å². The van der Waals surface area contributed by atoms with Gasteiger partial charge in [0.15, 0.2) is 5.65 Å². The molecular formula is C21H26F2N6O. The zero-order valence-electron chi connectivity index (χ0n) is 17.3. The van der Waals surface area contributed by atoms with Gasteiger partial charge in [0.05, 0.1) is 18.0 Å². The first-order valence-electron chi connectivity index (χ1n) is 10.1. The zero-order chi connectivity index (χ0) is 21.5. The van der Waals surface area contributed by atoms with Crippen molar-refractivity contribution in [3.05, 3.63) is 36.0 Å². The van der Waals surface area contributed by atoms with Crippen LogP contribution in [0.15, 0.2) is 24.4 Å². The maximum Gasteiger partial charge on any atom is 0.225 e. The zero-order valence-corrected chi connectivity index (χ0v) is 17.3. The number of hydrogen-bond donors (Lipinski definition) is 3. The van der Waals surface area contributed by atoms with Crippen molar-refractivity contribution in [2.24, 2.45) is 0 Å². The molecule has 0 saturated heterocycles. The lowest BCUT2D eigenvalue weighted by molar-refractivity contribution is 0.112. The lowest BCUT2D eigenvalue weighted by atomic mass is 9.93. The Bertz CT molecular complexity index is 1050. The van der Waals surface area contributed by atoms with Gasteiger partial charge >= 0.3 is 0 Å². The Morgan fingerprint density at radius 1 is 1.10 bits per heavy atom. The fourth-order valence-corrected chi connectivity index (χ4v) is 3.75. The van der Waals surface area contributed by atoms with E-state index in [0.717, 1.165) is 18.9 Å². The van der Waals surface area contributed by atoms with Gasteiger partial charge < -0.3 is 15.7 Å². The third kappa shape index (κ3) is 4.35. The minimum atomic E-state index is -0.700. The van der Waals surface area contributed by atoms with Gasteiger partial charge in [-0.2, -0.15) is 4.98 Å². The fourth-order valence-electron chi connectivity index (χ4n) is 3.75. The van der Waals surface area contributed by atoms with Crippen LogP contribution in [0, 0.1) is 11.6 Å². The second kappa shape index (κ2) is 7.79. The minimum Gasteiger partial charge on any atom is -0.393 e. The summed E-state index contributed by atoms with van der Waals surface area (Å²) in [6, 6.07) is 3.41. The van der Waals surface area contributed by atoms with E-state index in [1.807, 2.05) is 25.3 Å². The maximum atomic E-state index is 14.3. The Labute approximate surface area is 173 Å². The van der Waals surface area contributed by atoms with Gasteiger partial charge in [-0.15, -0.1) is 0 Å². The van der Waals surface area contributed by atoms with Gasteiger partial charge in [0.2, 0.25) is 11.9 Å². The van der Waals surface area contributed by atoms with E-state index in [4.69, 9.17) is 0 Å². The fraction of sp³-hybridized carbons (Fsp3) is 0.476. The van der Waals surface area contributed by atoms with Gasteiger partial charge in [-0.05, 0) is 58.6 Å². The third-order valence-corrected chi connectivity index (χ3v) is 5.13. The number of halogens is 2. The molecule has 2 heterocycles. The smallest absolute Gasteiger partial charge is 0.225 e. The van der Waals surface area contributed by atoms with Crippen molar-refractivity contribution < 1.29 is 13.9 Å². The Balaban J connectivity index is 1.78. The molecule has 0 radical (unpaired) electrons. The van der Waals surface area contributed by atoms with Gasteiger partial charge in [0.25, 0.3) is 0 Å². The number of imidazole rings is 1. The van der Waals surface area contributed by atoms with Crippen molar-refractivity contribution in [1.82, 2.24) is 19.5 Å². The average Bonchev–Trinajstić information content (AvgIpc) is 3.01. The van der Waals surface area contributed by atoms with Crippen LogP contribution in [-0.4, -0.2) is 36.3 Å². The average molecular weight is 416 g/mol. The summed E-state index contributed by atoms with van der Waals surface area (Å²) in [7, 11) is 0. The molecule has 1 aliphatic carbocycles. The third-order valence-electron chi connectivity index (χ3n) is 5.13. The van der Waals surface area contributed by atoms with E-state index in [9.17, 15) is 13.9 Å². The number of benzene rings is 1. The van der Waals surface area contributed by atoms with Gasteiger partial charge in [-0.1, -0.05) is 0 Å². The lowest BCUT2D eigenvalue weighted by Gasteiger charge is -2.28. The topological polar surface area (TPSA) is 87.9 Å². The van der Waals surface area contributed by atoms with Crippen LogP contribution in [0.5, 0.6) is 0 Å². The SMILES string of the molecule is CC(C)(C)Nc1ncc2nc(Nc3ccc(F)cc3F)n([C@H]3CC[C@@H](O)CC3)c2n1. The summed E-state index contributed by atoms with van der Waals surface area (Å²) in [6.07, 6.45) is 4.17. The van der Waals surface area contributed by atoms with Crippen LogP contribution in [0.2, 0.25) is 0 Å². The number of hydrogen-bond acceptors (Lipinski definition) is 6. The molecule has 3 N–H and O–H groups in total. The molecule has 1 saturated carbocycles. The van der Waals surface area contributed by atoms with Crippen LogP contribution in [0.3, 0.4) is 0 Å². The van der Waals surface area contributed by atoms with E-state index in [-0.39, 0.29) is 23.4 Å². The van der Waals surface area contributed by atoms with E-state index < -0.39 is 11.6 Å². The largest absolute Gasteiger partial charge is 0.393 e. The Morgan fingerprint density at radius 3 is 2.50 bits per heavy atom. The number of aliphatic hydroxyl groups excluding tert-OH is 1. The molecule has 30 heavy (non-hydrogen) atoms. The van der Waals surface area contributed by atoms with E-state index in [1.165, 1.54) is 12.1 Å². The van der Waals surface area contributed by atoms with Crippen molar-refractivity contribution in [1.29, 1.82) is 0 Å². The number of aromatic nitrogens is 4. The van der Waals surface area contributed by atoms with Gasteiger partial charge in [0.1, 0.15) is 17.2 Å². The second-order valence-corrected chi connectivity index (χ2v) is 8.79. The summed E-state index contributed by atoms with van der Waals surface area (Å²) in [4.78, 5) is 13.6. The Hall–Kier alpha value is -2.81. The monoisotopic (exact) mass is 416 g/mol. The highest BCUT2D eigenvalue weighted by atomic mass is 19.1. The van der Waals surface area contributed by atoms with Crippen LogP contribution >= 0.6 is 0 Å². The van der Waals surface area contributed by atoms with E-state index in [2.05, 4.69) is 25.6 Å². The number of nitrogens with zero attached hydrogens (tertiary/aromatic N) is 4. The normalized spacial score (nSPS) is 19.8. The highest BCUT2D eigenvalue weighted by Crippen LogP contribution is 2.35. The van der Waals surface area contributed by atoms with Crippen LogP contribution in [-0.2, 0) is 0 Å². The number of aliphatic hydroxyl groups is 1. The molecule has 1 aliphatic rings. The molecule has 2 aromatic heterocycles. The van der Waals surface area contributed by atoms with E-state index in [1.54, 1.807) is 6.20 Å². The summed E-state index contributed by atoms with van der Waals surface area (Å²) in [6.45, 7) is 6.06. The van der Waals surface area contributed by atoms with E-state index >= 15 is 0 Å². The summed E-state index contributed by atoms with van der Waals surface area (Å²) >= 11 is 0. The first kappa shape index (κ1) is 20.5. The molecule has 0 aliphatic heterocycles. The van der Waals surface area contributed by atoms with Gasteiger partial charge in [0, 0.05) is 17.6 Å². The summed E-state index contributed by atoms with van der Waals surface area (Å²) < 4.78 is 29.5. The maximum absolute atomic E-state index is 14.3. The quantitative estimate of drug-likeness (QED) is 0.579. The second-order valence-electron chi connectivity index (χ2n) is 8.79. The summed E-state index contributed by atoms with van der Waals surface area (Å²) in [5.74, 6) is -0.448.